The van der Waals surface area contributed by atoms with Gasteiger partial charge in [-0.25, -0.2) is 4.68 Å². The predicted molar refractivity (Wildman–Crippen MR) is 98.5 cm³/mol. The Kier molecular flexibility index (Phi) is 4.98. The molecule has 0 amide bonds. The van der Waals surface area contributed by atoms with Crippen molar-refractivity contribution in [2.45, 2.75) is 20.5 Å². The number of nitrogens with zero attached hydrogens (tertiary/aromatic N) is 3. The maximum absolute atomic E-state index is 8.91. The van der Waals surface area contributed by atoms with Crippen LogP contribution in [0.3, 0.4) is 0 Å². The van der Waals surface area contributed by atoms with Crippen molar-refractivity contribution < 1.29 is 4.74 Å². The number of rotatable bonds is 4. The maximum Gasteiger partial charge on any atom is 0.122 e. The highest BCUT2D eigenvalue weighted by atomic mass is 35.5. The first-order valence-electron chi connectivity index (χ1n) is 7.62. The molecule has 0 aliphatic carbocycles. The zero-order valence-electron chi connectivity index (χ0n) is 13.8. The van der Waals surface area contributed by atoms with Gasteiger partial charge in [0.25, 0.3) is 0 Å². The minimum Gasteiger partial charge on any atom is -0.489 e. The van der Waals surface area contributed by atoms with E-state index in [9.17, 15) is 0 Å². The van der Waals surface area contributed by atoms with Crippen LogP contribution in [0, 0.1) is 25.2 Å². The van der Waals surface area contributed by atoms with Crippen LogP contribution in [0.4, 0.5) is 0 Å². The van der Waals surface area contributed by atoms with Gasteiger partial charge in [-0.2, -0.15) is 10.4 Å². The van der Waals surface area contributed by atoms with Crippen molar-refractivity contribution in [1.82, 2.24) is 9.78 Å². The summed E-state index contributed by atoms with van der Waals surface area (Å²) in [7, 11) is 0. The zero-order valence-corrected chi connectivity index (χ0v) is 15.3. The third-order valence-corrected chi connectivity index (χ3v) is 4.34. The van der Waals surface area contributed by atoms with Gasteiger partial charge >= 0.3 is 0 Å². The second-order valence-electron chi connectivity index (χ2n) is 5.61. The topological polar surface area (TPSA) is 50.8 Å². The van der Waals surface area contributed by atoms with E-state index in [4.69, 9.17) is 33.2 Å². The molecular formula is C19H15Cl2N3O. The summed E-state index contributed by atoms with van der Waals surface area (Å²) in [6.45, 7) is 4.29. The van der Waals surface area contributed by atoms with Crippen LogP contribution in [0.2, 0.25) is 10.0 Å². The Balaban J connectivity index is 1.85. The summed E-state index contributed by atoms with van der Waals surface area (Å²) in [5.74, 6) is 0.613. The van der Waals surface area contributed by atoms with E-state index in [2.05, 4.69) is 11.2 Å². The van der Waals surface area contributed by atoms with Crippen molar-refractivity contribution in [2.24, 2.45) is 0 Å². The fraction of sp³-hybridized carbons (Fsp3) is 0.158. The van der Waals surface area contributed by atoms with Gasteiger partial charge < -0.3 is 4.74 Å². The molecule has 0 aliphatic heterocycles. The van der Waals surface area contributed by atoms with Crippen molar-refractivity contribution in [1.29, 1.82) is 5.26 Å². The first-order chi connectivity index (χ1) is 12.0. The van der Waals surface area contributed by atoms with Crippen LogP contribution < -0.4 is 4.74 Å². The maximum atomic E-state index is 8.91. The first kappa shape index (κ1) is 17.3. The fourth-order valence-electron chi connectivity index (χ4n) is 2.58. The lowest BCUT2D eigenvalue weighted by Crippen LogP contribution is -2.01. The van der Waals surface area contributed by atoms with E-state index < -0.39 is 0 Å². The van der Waals surface area contributed by atoms with Gasteiger partial charge in [0, 0.05) is 21.3 Å². The van der Waals surface area contributed by atoms with E-state index in [-0.39, 0.29) is 0 Å². The number of benzene rings is 2. The van der Waals surface area contributed by atoms with Gasteiger partial charge in [-0.3, -0.25) is 0 Å². The van der Waals surface area contributed by atoms with E-state index in [1.807, 2.05) is 30.7 Å². The summed E-state index contributed by atoms with van der Waals surface area (Å²) in [6.07, 6.45) is 0. The molecule has 0 bridgehead atoms. The third-order valence-electron chi connectivity index (χ3n) is 3.90. The second kappa shape index (κ2) is 7.18. The Bertz CT molecular complexity index is 936. The molecule has 0 fully saturated rings. The number of halogens is 2. The first-order valence-corrected chi connectivity index (χ1v) is 8.38. The lowest BCUT2D eigenvalue weighted by molar-refractivity contribution is 0.304. The molecule has 0 saturated heterocycles. The van der Waals surface area contributed by atoms with Gasteiger partial charge in [0.2, 0.25) is 0 Å². The summed E-state index contributed by atoms with van der Waals surface area (Å²) >= 11 is 12.0. The largest absolute Gasteiger partial charge is 0.489 e. The van der Waals surface area contributed by atoms with Crippen LogP contribution in [0.25, 0.3) is 5.69 Å². The monoisotopic (exact) mass is 371 g/mol. The Morgan fingerprint density at radius 2 is 1.72 bits per heavy atom. The molecule has 6 heteroatoms. The summed E-state index contributed by atoms with van der Waals surface area (Å²) in [6, 6.07) is 14.5. The number of nitriles is 1. The van der Waals surface area contributed by atoms with Crippen molar-refractivity contribution in [3.8, 4) is 17.5 Å². The standard InChI is InChI=1S/C19H15Cl2N3O/c1-12-19(11-25-18-8-15(20)7-16(21)9-18)13(2)24(23-12)17-5-3-14(10-22)4-6-17/h3-9H,11H2,1-2H3. The van der Waals surface area contributed by atoms with E-state index in [0.29, 0.717) is 28.0 Å². The molecule has 3 aromatic rings. The molecule has 25 heavy (non-hydrogen) atoms. The normalized spacial score (nSPS) is 10.5. The molecule has 126 valence electrons. The van der Waals surface area contributed by atoms with E-state index in [0.717, 1.165) is 22.6 Å². The molecule has 1 aromatic heterocycles. The number of hydrogen-bond acceptors (Lipinski definition) is 3. The highest BCUT2D eigenvalue weighted by molar-refractivity contribution is 6.34. The Hall–Kier alpha value is -2.48. The van der Waals surface area contributed by atoms with Crippen LogP contribution in [-0.2, 0) is 6.61 Å². The molecule has 0 saturated carbocycles. The quantitative estimate of drug-likeness (QED) is 0.629. The molecule has 0 N–H and O–H groups in total. The lowest BCUT2D eigenvalue weighted by Gasteiger charge is -2.08. The molecule has 0 unspecified atom stereocenters. The van der Waals surface area contributed by atoms with Crippen molar-refractivity contribution in [3.05, 3.63) is 75.0 Å². The van der Waals surface area contributed by atoms with Crippen LogP contribution in [-0.4, -0.2) is 9.78 Å². The van der Waals surface area contributed by atoms with Crippen LogP contribution in [0.5, 0.6) is 5.75 Å². The van der Waals surface area contributed by atoms with Crippen molar-refractivity contribution >= 4 is 23.2 Å². The minimum atomic E-state index is 0.366. The summed E-state index contributed by atoms with van der Waals surface area (Å²) in [5, 5.41) is 14.6. The highest BCUT2D eigenvalue weighted by Gasteiger charge is 2.14. The van der Waals surface area contributed by atoms with E-state index >= 15 is 0 Å². The number of ether oxygens (including phenoxy) is 1. The van der Waals surface area contributed by atoms with Crippen LogP contribution >= 0.6 is 23.2 Å². The number of hydrogen-bond donors (Lipinski definition) is 0. The van der Waals surface area contributed by atoms with Gasteiger partial charge in [-0.05, 0) is 56.3 Å². The smallest absolute Gasteiger partial charge is 0.122 e. The fourth-order valence-corrected chi connectivity index (χ4v) is 3.09. The van der Waals surface area contributed by atoms with Crippen molar-refractivity contribution in [2.75, 3.05) is 0 Å². The molecular weight excluding hydrogens is 357 g/mol. The minimum absolute atomic E-state index is 0.366. The molecule has 0 radical (unpaired) electrons. The molecule has 3 rings (SSSR count). The third kappa shape index (κ3) is 3.79. The van der Waals surface area contributed by atoms with E-state index in [1.54, 1.807) is 30.3 Å². The SMILES string of the molecule is Cc1nn(-c2ccc(C#N)cc2)c(C)c1COc1cc(Cl)cc(Cl)c1. The highest BCUT2D eigenvalue weighted by Crippen LogP contribution is 2.26. The Morgan fingerprint density at radius 3 is 2.32 bits per heavy atom. The summed E-state index contributed by atoms with van der Waals surface area (Å²) in [4.78, 5) is 0. The van der Waals surface area contributed by atoms with Crippen LogP contribution in [0.15, 0.2) is 42.5 Å². The Morgan fingerprint density at radius 1 is 1.08 bits per heavy atom. The molecule has 2 aromatic carbocycles. The average Bonchev–Trinajstić information content (AvgIpc) is 2.86. The van der Waals surface area contributed by atoms with E-state index in [1.165, 1.54) is 0 Å². The molecule has 0 spiro atoms. The van der Waals surface area contributed by atoms with Gasteiger partial charge in [-0.1, -0.05) is 23.2 Å². The van der Waals surface area contributed by atoms with Crippen molar-refractivity contribution in [3.63, 3.8) is 0 Å². The second-order valence-corrected chi connectivity index (χ2v) is 6.49. The molecule has 4 nitrogen and oxygen atoms in total. The van der Waals surface area contributed by atoms with Gasteiger partial charge in [0.1, 0.15) is 12.4 Å². The molecule has 0 atom stereocenters. The Labute approximate surface area is 156 Å². The van der Waals surface area contributed by atoms with Gasteiger partial charge in [0.15, 0.2) is 0 Å². The predicted octanol–water partition coefficient (Wildman–Crippen LogP) is 5.25. The number of aryl methyl sites for hydroxylation is 1. The van der Waals surface area contributed by atoms with Crippen LogP contribution in [0.1, 0.15) is 22.5 Å². The summed E-state index contributed by atoms with van der Waals surface area (Å²) in [5.41, 5.74) is 4.38. The molecule has 1 heterocycles. The summed E-state index contributed by atoms with van der Waals surface area (Å²) < 4.78 is 7.68. The number of aromatic nitrogens is 2. The van der Waals surface area contributed by atoms with Gasteiger partial charge in [-0.15, -0.1) is 0 Å². The lowest BCUT2D eigenvalue weighted by atomic mass is 10.2. The molecule has 0 aliphatic rings. The zero-order chi connectivity index (χ0) is 18.0. The van der Waals surface area contributed by atoms with Gasteiger partial charge in [0.05, 0.1) is 23.0 Å². The average molecular weight is 372 g/mol.